The van der Waals surface area contributed by atoms with Gasteiger partial charge in [-0.15, -0.1) is 11.3 Å². The van der Waals surface area contributed by atoms with Crippen LogP contribution in [0.25, 0.3) is 17.4 Å². The second kappa shape index (κ2) is 11.7. The Bertz CT molecular complexity index is 1180. The van der Waals surface area contributed by atoms with E-state index in [1.165, 1.54) is 32.6 Å². The van der Waals surface area contributed by atoms with Crippen molar-refractivity contribution in [2.24, 2.45) is 0 Å². The molecule has 1 aromatic carbocycles. The van der Waals surface area contributed by atoms with Crippen LogP contribution in [0.3, 0.4) is 0 Å². The molecular formula is C24H23NO8S. The quantitative estimate of drug-likeness (QED) is 0.332. The molecule has 1 N–H and O–H groups in total. The molecule has 0 aliphatic rings. The summed E-state index contributed by atoms with van der Waals surface area (Å²) in [6, 6.07) is 8.52. The van der Waals surface area contributed by atoms with Crippen LogP contribution < -0.4 is 14.8 Å². The average Bonchev–Trinajstić information content (AvgIpc) is 3.51. The summed E-state index contributed by atoms with van der Waals surface area (Å²) >= 11 is 1.14. The number of furan rings is 1. The Kier molecular flexibility index (Phi) is 8.47. The first-order valence-corrected chi connectivity index (χ1v) is 11.0. The number of amides is 1. The number of carbonyl (C=O) groups is 3. The van der Waals surface area contributed by atoms with Crippen LogP contribution in [0.2, 0.25) is 0 Å². The molecule has 1 amide bonds. The molecule has 0 saturated carbocycles. The lowest BCUT2D eigenvalue weighted by molar-refractivity contribution is -0.142. The number of carbonyl (C=O) groups excluding carboxylic acids is 3. The lowest BCUT2D eigenvalue weighted by Crippen LogP contribution is -2.21. The molecule has 2 heterocycles. The van der Waals surface area contributed by atoms with Gasteiger partial charge in [0, 0.05) is 17.0 Å². The minimum atomic E-state index is -0.710. The standard InChI is InChI=1S/C24H23NO8S/c1-4-31-24(28)22-16(17-6-5-11-32-17)14-34-23(22)25-20(26)13-33-21(27)10-8-15-7-9-18(29-2)19(12-15)30-3/h5-12,14H,4,13H2,1-3H3,(H,25,26)/b10-8+. The zero-order valence-corrected chi connectivity index (χ0v) is 19.6. The second-order valence-electron chi connectivity index (χ2n) is 6.65. The molecule has 0 bridgehead atoms. The largest absolute Gasteiger partial charge is 0.493 e. The molecule has 0 spiro atoms. The topological polar surface area (TPSA) is 113 Å². The molecule has 3 rings (SSSR count). The van der Waals surface area contributed by atoms with E-state index in [0.29, 0.717) is 28.4 Å². The van der Waals surface area contributed by atoms with Crippen LogP contribution in [-0.4, -0.2) is 45.3 Å². The zero-order valence-electron chi connectivity index (χ0n) is 18.8. The molecular weight excluding hydrogens is 462 g/mol. The molecule has 0 aliphatic carbocycles. The number of ether oxygens (including phenoxy) is 4. The van der Waals surface area contributed by atoms with Crippen molar-refractivity contribution >= 4 is 40.3 Å². The Balaban J connectivity index is 1.62. The van der Waals surface area contributed by atoms with Crippen molar-refractivity contribution < 1.29 is 37.7 Å². The molecule has 0 radical (unpaired) electrons. The summed E-state index contributed by atoms with van der Waals surface area (Å²) in [5.74, 6) is -0.374. The predicted octanol–water partition coefficient (Wildman–Crippen LogP) is 4.40. The zero-order chi connectivity index (χ0) is 24.5. The number of methoxy groups -OCH3 is 2. The van der Waals surface area contributed by atoms with E-state index in [1.54, 1.807) is 42.6 Å². The van der Waals surface area contributed by atoms with Gasteiger partial charge in [-0.2, -0.15) is 0 Å². The fraction of sp³-hybridized carbons (Fsp3) is 0.208. The van der Waals surface area contributed by atoms with Crippen LogP contribution in [0.5, 0.6) is 11.5 Å². The fourth-order valence-corrected chi connectivity index (χ4v) is 3.89. The average molecular weight is 486 g/mol. The first-order chi connectivity index (χ1) is 16.5. The van der Waals surface area contributed by atoms with E-state index >= 15 is 0 Å². The number of thiophene rings is 1. The predicted molar refractivity (Wildman–Crippen MR) is 126 cm³/mol. The highest BCUT2D eigenvalue weighted by atomic mass is 32.1. The molecule has 0 unspecified atom stereocenters. The van der Waals surface area contributed by atoms with Gasteiger partial charge < -0.3 is 28.7 Å². The molecule has 0 aliphatic heterocycles. The minimum absolute atomic E-state index is 0.170. The maximum Gasteiger partial charge on any atom is 0.341 e. The third-order valence-electron chi connectivity index (χ3n) is 4.48. The van der Waals surface area contributed by atoms with Crippen molar-refractivity contribution in [2.75, 3.05) is 32.8 Å². The molecule has 178 valence electrons. The summed E-state index contributed by atoms with van der Waals surface area (Å²) < 4.78 is 25.9. The Morgan fingerprint density at radius 1 is 1.09 bits per heavy atom. The Morgan fingerprint density at radius 3 is 2.56 bits per heavy atom. The molecule has 34 heavy (non-hydrogen) atoms. The SMILES string of the molecule is CCOC(=O)c1c(-c2ccco2)csc1NC(=O)COC(=O)/C=C/c1ccc(OC)c(OC)c1. The summed E-state index contributed by atoms with van der Waals surface area (Å²) in [4.78, 5) is 36.9. The molecule has 0 saturated heterocycles. The number of rotatable bonds is 10. The van der Waals surface area contributed by atoms with Crippen LogP contribution in [0.4, 0.5) is 5.00 Å². The number of esters is 2. The van der Waals surface area contributed by atoms with Gasteiger partial charge in [0.25, 0.3) is 5.91 Å². The maximum atomic E-state index is 12.5. The summed E-state index contributed by atoms with van der Waals surface area (Å²) in [5.41, 5.74) is 1.36. The van der Waals surface area contributed by atoms with E-state index in [2.05, 4.69) is 5.32 Å². The highest BCUT2D eigenvalue weighted by Gasteiger charge is 2.24. The summed E-state index contributed by atoms with van der Waals surface area (Å²) in [6.07, 6.45) is 4.20. The third-order valence-corrected chi connectivity index (χ3v) is 5.37. The van der Waals surface area contributed by atoms with E-state index in [4.69, 9.17) is 23.4 Å². The fourth-order valence-electron chi connectivity index (χ4n) is 2.94. The molecule has 3 aromatic rings. The van der Waals surface area contributed by atoms with Gasteiger partial charge in [0.05, 0.1) is 27.1 Å². The van der Waals surface area contributed by atoms with E-state index in [1.807, 2.05) is 0 Å². The lowest BCUT2D eigenvalue weighted by atomic mass is 10.1. The van der Waals surface area contributed by atoms with Crippen molar-refractivity contribution in [3.05, 3.63) is 59.2 Å². The Morgan fingerprint density at radius 2 is 1.88 bits per heavy atom. The van der Waals surface area contributed by atoms with E-state index in [9.17, 15) is 14.4 Å². The minimum Gasteiger partial charge on any atom is -0.493 e. The van der Waals surface area contributed by atoms with Crippen molar-refractivity contribution in [2.45, 2.75) is 6.92 Å². The van der Waals surface area contributed by atoms with Crippen molar-refractivity contribution in [1.29, 1.82) is 0 Å². The first kappa shape index (κ1) is 24.6. The Labute approximate surface area is 199 Å². The molecule has 0 atom stereocenters. The van der Waals surface area contributed by atoms with Crippen molar-refractivity contribution in [3.63, 3.8) is 0 Å². The molecule has 9 nitrogen and oxygen atoms in total. The van der Waals surface area contributed by atoms with Gasteiger partial charge in [-0.1, -0.05) is 6.07 Å². The summed E-state index contributed by atoms with van der Waals surface area (Å²) in [5, 5.41) is 4.54. The Hall–Kier alpha value is -4.05. The van der Waals surface area contributed by atoms with Crippen LogP contribution in [0.1, 0.15) is 22.8 Å². The summed E-state index contributed by atoms with van der Waals surface area (Å²) in [6.45, 7) is 1.32. The number of nitrogens with one attached hydrogen (secondary N) is 1. The van der Waals surface area contributed by atoms with Gasteiger partial charge in [0.15, 0.2) is 18.1 Å². The number of hydrogen-bond donors (Lipinski definition) is 1. The van der Waals surface area contributed by atoms with Crippen LogP contribution in [0.15, 0.2) is 52.5 Å². The molecule has 10 heteroatoms. The highest BCUT2D eigenvalue weighted by molar-refractivity contribution is 7.15. The monoisotopic (exact) mass is 485 g/mol. The third kappa shape index (κ3) is 6.04. The molecule has 0 fully saturated rings. The van der Waals surface area contributed by atoms with Gasteiger partial charge in [0.2, 0.25) is 0 Å². The number of hydrogen-bond acceptors (Lipinski definition) is 9. The normalized spacial score (nSPS) is 10.7. The smallest absolute Gasteiger partial charge is 0.341 e. The molecule has 2 aromatic heterocycles. The number of benzene rings is 1. The van der Waals surface area contributed by atoms with Gasteiger partial charge in [0.1, 0.15) is 16.3 Å². The maximum absolute atomic E-state index is 12.5. The van der Waals surface area contributed by atoms with Crippen LogP contribution in [0, 0.1) is 0 Å². The summed E-state index contributed by atoms with van der Waals surface area (Å²) in [7, 11) is 3.04. The van der Waals surface area contributed by atoms with E-state index < -0.39 is 24.5 Å². The number of anilines is 1. The second-order valence-corrected chi connectivity index (χ2v) is 7.53. The van der Waals surface area contributed by atoms with E-state index in [0.717, 1.165) is 11.3 Å². The van der Waals surface area contributed by atoms with E-state index in [-0.39, 0.29) is 17.2 Å². The first-order valence-electron chi connectivity index (χ1n) is 10.2. The van der Waals surface area contributed by atoms with Gasteiger partial charge in [-0.3, -0.25) is 4.79 Å². The van der Waals surface area contributed by atoms with Gasteiger partial charge in [-0.05, 0) is 42.8 Å². The highest BCUT2D eigenvalue weighted by Crippen LogP contribution is 2.36. The van der Waals surface area contributed by atoms with Crippen molar-refractivity contribution in [1.82, 2.24) is 0 Å². The van der Waals surface area contributed by atoms with Crippen molar-refractivity contribution in [3.8, 4) is 22.8 Å². The van der Waals surface area contributed by atoms with Crippen LogP contribution in [-0.2, 0) is 19.1 Å². The van der Waals surface area contributed by atoms with Gasteiger partial charge >= 0.3 is 11.9 Å². The lowest BCUT2D eigenvalue weighted by Gasteiger charge is -2.08. The van der Waals surface area contributed by atoms with Gasteiger partial charge in [-0.25, -0.2) is 9.59 Å². The van der Waals surface area contributed by atoms with Crippen LogP contribution >= 0.6 is 11.3 Å².